The van der Waals surface area contributed by atoms with E-state index in [0.29, 0.717) is 5.69 Å². The minimum Gasteiger partial charge on any atom is -0.275 e. The lowest BCUT2D eigenvalue weighted by atomic mass is 10.2. The molecular weight excluding hydrogens is 277 g/mol. The molecule has 0 aliphatic rings. The van der Waals surface area contributed by atoms with Gasteiger partial charge in [-0.05, 0) is 35.1 Å². The van der Waals surface area contributed by atoms with Gasteiger partial charge in [-0.25, -0.2) is 0 Å². The first-order valence-corrected chi connectivity index (χ1v) is 4.52. The maximum Gasteiger partial charge on any atom is 0.302 e. The second-order valence-corrected chi connectivity index (χ2v) is 4.30. The first-order valence-electron chi connectivity index (χ1n) is 3.44. The molecule has 0 N–H and O–H groups in total. The summed E-state index contributed by atoms with van der Waals surface area (Å²) in [5, 5.41) is 3.93. The molecule has 12 heavy (non-hydrogen) atoms. The van der Waals surface area contributed by atoms with E-state index >= 15 is 0 Å². The van der Waals surface area contributed by atoms with Gasteiger partial charge in [-0.3, -0.25) is 4.68 Å². The molecule has 0 unspecified atom stereocenters. The molecule has 0 aliphatic carbocycles. The third kappa shape index (κ3) is 2.69. The van der Waals surface area contributed by atoms with Gasteiger partial charge in [0.05, 0.1) is 12.1 Å². The fourth-order valence-corrected chi connectivity index (χ4v) is 1.38. The van der Waals surface area contributed by atoms with Crippen LogP contribution in [0.5, 0.6) is 0 Å². The third-order valence-electron chi connectivity index (χ3n) is 1.48. The van der Waals surface area contributed by atoms with Crippen molar-refractivity contribution in [1.82, 2.24) is 9.78 Å². The van der Waals surface area contributed by atoms with E-state index in [9.17, 15) is 8.78 Å². The third-order valence-corrected chi connectivity index (χ3v) is 1.86. The zero-order valence-corrected chi connectivity index (χ0v) is 8.97. The summed E-state index contributed by atoms with van der Waals surface area (Å²) in [6.45, 7) is 1.78. The number of aromatic nitrogens is 2. The summed E-state index contributed by atoms with van der Waals surface area (Å²) in [5.41, 5.74) is 1.28. The van der Waals surface area contributed by atoms with Crippen LogP contribution in [0.25, 0.3) is 0 Å². The molecule has 68 valence electrons. The molecule has 0 amide bonds. The highest BCUT2D eigenvalue weighted by molar-refractivity contribution is 14.1. The Labute approximate surface area is 83.1 Å². The molecule has 2 nitrogen and oxygen atoms in total. The van der Waals surface area contributed by atoms with E-state index < -0.39 is 3.93 Å². The van der Waals surface area contributed by atoms with Gasteiger partial charge < -0.3 is 0 Å². The first kappa shape index (κ1) is 9.88. The van der Waals surface area contributed by atoms with Crippen LogP contribution in [0, 0.1) is 6.92 Å². The predicted octanol–water partition coefficient (Wildman–Crippen LogP) is 2.30. The zero-order chi connectivity index (χ0) is 9.35. The summed E-state index contributed by atoms with van der Waals surface area (Å²) in [6, 6.07) is 0. The van der Waals surface area contributed by atoms with E-state index in [0.717, 1.165) is 28.2 Å². The maximum atomic E-state index is 12.5. The van der Waals surface area contributed by atoms with Crippen molar-refractivity contribution in [2.75, 3.05) is 0 Å². The number of hydrogen-bond donors (Lipinski definition) is 0. The van der Waals surface area contributed by atoms with Crippen molar-refractivity contribution >= 4 is 22.6 Å². The molecule has 1 heterocycles. The molecule has 0 aliphatic heterocycles. The van der Waals surface area contributed by atoms with Gasteiger partial charge in [0, 0.05) is 13.2 Å². The minimum atomic E-state index is -2.70. The Kier molecular flexibility index (Phi) is 2.70. The summed E-state index contributed by atoms with van der Waals surface area (Å²) in [6.07, 6.45) is 1.44. The molecule has 1 aromatic rings. The van der Waals surface area contributed by atoms with E-state index in [1.165, 1.54) is 0 Å². The molecule has 5 heteroatoms. The lowest BCUT2D eigenvalue weighted by Crippen LogP contribution is -2.10. The van der Waals surface area contributed by atoms with E-state index in [1.807, 2.05) is 0 Å². The van der Waals surface area contributed by atoms with Crippen molar-refractivity contribution < 1.29 is 8.78 Å². The Hall–Kier alpha value is -0.200. The van der Waals surface area contributed by atoms with Crippen molar-refractivity contribution in [3.63, 3.8) is 0 Å². The number of rotatable bonds is 2. The molecule has 0 radical (unpaired) electrons. The zero-order valence-electron chi connectivity index (χ0n) is 6.81. The second-order valence-electron chi connectivity index (χ2n) is 2.72. The predicted molar refractivity (Wildman–Crippen MR) is 50.6 cm³/mol. The Morgan fingerprint density at radius 2 is 2.25 bits per heavy atom. The number of aryl methyl sites for hydroxylation is 2. The average molecular weight is 286 g/mol. The highest BCUT2D eigenvalue weighted by atomic mass is 127. The topological polar surface area (TPSA) is 17.8 Å². The van der Waals surface area contributed by atoms with E-state index in [1.54, 1.807) is 24.9 Å². The summed E-state index contributed by atoms with van der Waals surface area (Å²) >= 11 is 1.12. The molecule has 0 saturated carbocycles. The summed E-state index contributed by atoms with van der Waals surface area (Å²) in [4.78, 5) is 0. The normalized spacial score (nSPS) is 12.1. The Bertz CT molecular complexity index is 277. The van der Waals surface area contributed by atoms with Crippen LogP contribution in [-0.2, 0) is 13.5 Å². The van der Waals surface area contributed by atoms with Crippen molar-refractivity contribution in [2.24, 2.45) is 7.05 Å². The lowest BCUT2D eigenvalue weighted by molar-refractivity contribution is 0.126. The van der Waals surface area contributed by atoms with Crippen LogP contribution in [0.1, 0.15) is 11.3 Å². The number of hydrogen-bond acceptors (Lipinski definition) is 1. The van der Waals surface area contributed by atoms with Crippen LogP contribution < -0.4 is 0 Å². The molecule has 1 rings (SSSR count). The van der Waals surface area contributed by atoms with Crippen molar-refractivity contribution in [3.8, 4) is 0 Å². The van der Waals surface area contributed by atoms with Gasteiger partial charge in [0.25, 0.3) is 0 Å². The highest BCUT2D eigenvalue weighted by Crippen LogP contribution is 2.27. The molecule has 0 atom stereocenters. The average Bonchev–Trinajstić information content (AvgIpc) is 2.06. The monoisotopic (exact) mass is 286 g/mol. The smallest absolute Gasteiger partial charge is 0.275 e. The van der Waals surface area contributed by atoms with E-state index in [2.05, 4.69) is 5.10 Å². The van der Waals surface area contributed by atoms with E-state index in [-0.39, 0.29) is 6.42 Å². The van der Waals surface area contributed by atoms with Crippen LogP contribution >= 0.6 is 22.6 Å². The molecule has 0 spiro atoms. The highest BCUT2D eigenvalue weighted by Gasteiger charge is 2.26. The van der Waals surface area contributed by atoms with Crippen LogP contribution in [0.4, 0.5) is 8.78 Å². The molecule has 0 saturated heterocycles. The quantitative estimate of drug-likeness (QED) is 0.602. The molecule has 0 aromatic carbocycles. The van der Waals surface area contributed by atoms with Crippen molar-refractivity contribution in [3.05, 3.63) is 17.5 Å². The van der Waals surface area contributed by atoms with Gasteiger partial charge in [0.15, 0.2) is 0 Å². The minimum absolute atomic E-state index is 0.291. The summed E-state index contributed by atoms with van der Waals surface area (Å²) < 4.78 is 23.9. The van der Waals surface area contributed by atoms with Crippen LogP contribution in [-0.4, -0.2) is 13.7 Å². The standard InChI is InChI=1S/C7H9F2IN2/c1-5-4-12(2)11-6(5)3-7(8,9)10/h4H,3H2,1-2H3. The van der Waals surface area contributed by atoms with Gasteiger partial charge in [-0.2, -0.15) is 13.9 Å². The lowest BCUT2D eigenvalue weighted by Gasteiger charge is -2.05. The van der Waals surface area contributed by atoms with Gasteiger partial charge in [0.2, 0.25) is 0 Å². The second kappa shape index (κ2) is 3.27. The number of halogens is 3. The van der Waals surface area contributed by atoms with E-state index in [4.69, 9.17) is 0 Å². The van der Waals surface area contributed by atoms with Crippen LogP contribution in [0.3, 0.4) is 0 Å². The largest absolute Gasteiger partial charge is 0.302 e. The van der Waals surface area contributed by atoms with Gasteiger partial charge >= 0.3 is 3.93 Å². The Morgan fingerprint density at radius 1 is 1.67 bits per heavy atom. The molecule has 0 bridgehead atoms. The fraction of sp³-hybridized carbons (Fsp3) is 0.571. The SMILES string of the molecule is Cc1cn(C)nc1CC(F)(F)I. The summed E-state index contributed by atoms with van der Waals surface area (Å²) in [5.74, 6) is 0. The van der Waals surface area contributed by atoms with Gasteiger partial charge in [-0.15, -0.1) is 0 Å². The number of alkyl halides is 3. The Balaban J connectivity index is 2.82. The molecular formula is C7H9F2IN2. The summed E-state index contributed by atoms with van der Waals surface area (Å²) in [7, 11) is 1.72. The van der Waals surface area contributed by atoms with Gasteiger partial charge in [0.1, 0.15) is 0 Å². The molecule has 1 aromatic heterocycles. The molecule has 0 fully saturated rings. The van der Waals surface area contributed by atoms with Crippen molar-refractivity contribution in [1.29, 1.82) is 0 Å². The Morgan fingerprint density at radius 3 is 2.58 bits per heavy atom. The van der Waals surface area contributed by atoms with Gasteiger partial charge in [-0.1, -0.05) is 0 Å². The fourth-order valence-electron chi connectivity index (χ4n) is 1.02. The van der Waals surface area contributed by atoms with Crippen LogP contribution in [0.2, 0.25) is 0 Å². The maximum absolute atomic E-state index is 12.5. The number of nitrogens with zero attached hydrogens (tertiary/aromatic N) is 2. The first-order chi connectivity index (χ1) is 5.38. The van der Waals surface area contributed by atoms with Crippen molar-refractivity contribution in [2.45, 2.75) is 17.3 Å². The van der Waals surface area contributed by atoms with Crippen LogP contribution in [0.15, 0.2) is 6.20 Å².